The second-order valence-corrected chi connectivity index (χ2v) is 4.30. The third kappa shape index (κ3) is 3.00. The molecule has 0 radical (unpaired) electrons. The van der Waals surface area contributed by atoms with Gasteiger partial charge in [-0.05, 0) is 31.2 Å². The van der Waals surface area contributed by atoms with Crippen molar-refractivity contribution >= 4 is 0 Å². The minimum absolute atomic E-state index is 0.107. The van der Waals surface area contributed by atoms with E-state index in [1.54, 1.807) is 20.4 Å². The molecule has 0 saturated heterocycles. The molecule has 1 heterocycles. The predicted octanol–water partition coefficient (Wildman–Crippen LogP) is 2.91. The molecule has 2 rings (SSSR count). The maximum atomic E-state index is 5.80. The summed E-state index contributed by atoms with van der Waals surface area (Å²) in [5.41, 5.74) is 6.57. The molecule has 0 aliphatic carbocycles. The molecule has 0 bridgehead atoms. The van der Waals surface area contributed by atoms with Gasteiger partial charge in [-0.25, -0.2) is 0 Å². The van der Waals surface area contributed by atoms with Crippen LogP contribution in [0.5, 0.6) is 23.0 Å². The van der Waals surface area contributed by atoms with Crippen molar-refractivity contribution in [3.8, 4) is 23.0 Å². The highest BCUT2D eigenvalue weighted by Crippen LogP contribution is 2.39. The van der Waals surface area contributed by atoms with Crippen molar-refractivity contribution in [3.05, 3.63) is 42.2 Å². The molecule has 1 aromatic heterocycles. The molecule has 2 aromatic rings. The van der Waals surface area contributed by atoms with Crippen LogP contribution in [-0.4, -0.2) is 19.2 Å². The lowest BCUT2D eigenvalue weighted by Gasteiger charge is -2.14. The molecule has 0 spiro atoms. The number of aromatic nitrogens is 1. The lowest BCUT2D eigenvalue weighted by molar-refractivity contribution is 0.346. The molecule has 0 fully saturated rings. The van der Waals surface area contributed by atoms with Gasteiger partial charge in [0.15, 0.2) is 11.5 Å². The highest BCUT2D eigenvalue weighted by atomic mass is 16.5. The molecule has 1 aromatic carbocycles. The van der Waals surface area contributed by atoms with Crippen molar-refractivity contribution in [1.29, 1.82) is 0 Å². The van der Waals surface area contributed by atoms with Gasteiger partial charge in [0, 0.05) is 6.04 Å². The van der Waals surface area contributed by atoms with E-state index < -0.39 is 0 Å². The van der Waals surface area contributed by atoms with Gasteiger partial charge in [0.25, 0.3) is 0 Å². The van der Waals surface area contributed by atoms with Gasteiger partial charge in [-0.2, -0.15) is 0 Å². The maximum Gasteiger partial charge on any atom is 0.211 e. The number of hydrogen-bond acceptors (Lipinski definition) is 5. The number of ether oxygens (including phenoxy) is 3. The summed E-state index contributed by atoms with van der Waals surface area (Å²) in [6.07, 6.45) is 1.63. The quantitative estimate of drug-likeness (QED) is 0.908. The lowest BCUT2D eigenvalue weighted by Crippen LogP contribution is -2.06. The van der Waals surface area contributed by atoms with Crippen molar-refractivity contribution in [3.63, 3.8) is 0 Å². The molecular formula is C15H18N2O3. The zero-order valence-corrected chi connectivity index (χ0v) is 11.8. The van der Waals surface area contributed by atoms with E-state index in [0.717, 1.165) is 5.69 Å². The maximum absolute atomic E-state index is 5.80. The van der Waals surface area contributed by atoms with Crippen LogP contribution in [0.25, 0.3) is 0 Å². The number of para-hydroxylation sites is 1. The summed E-state index contributed by atoms with van der Waals surface area (Å²) in [4.78, 5) is 4.25. The fourth-order valence-corrected chi connectivity index (χ4v) is 1.76. The van der Waals surface area contributed by atoms with Gasteiger partial charge in [-0.1, -0.05) is 6.07 Å². The molecule has 0 aliphatic heterocycles. The Hall–Kier alpha value is -2.27. The summed E-state index contributed by atoms with van der Waals surface area (Å²) >= 11 is 0. The first-order valence-corrected chi connectivity index (χ1v) is 6.26. The molecule has 0 aliphatic rings. The molecule has 1 atom stereocenters. The Bertz CT molecular complexity index is 546. The zero-order chi connectivity index (χ0) is 14.5. The predicted molar refractivity (Wildman–Crippen MR) is 76.5 cm³/mol. The van der Waals surface area contributed by atoms with E-state index in [1.807, 2.05) is 37.3 Å². The Balaban J connectivity index is 2.29. The van der Waals surface area contributed by atoms with Crippen LogP contribution >= 0.6 is 0 Å². The summed E-state index contributed by atoms with van der Waals surface area (Å²) < 4.78 is 16.4. The number of nitrogens with zero attached hydrogens (tertiary/aromatic N) is 1. The fraction of sp³-hybridized carbons (Fsp3) is 0.267. The Morgan fingerprint density at radius 3 is 2.15 bits per heavy atom. The fourth-order valence-electron chi connectivity index (χ4n) is 1.76. The highest BCUT2D eigenvalue weighted by Gasteiger charge is 2.12. The minimum Gasteiger partial charge on any atom is -0.493 e. The van der Waals surface area contributed by atoms with Gasteiger partial charge in [-0.3, -0.25) is 4.98 Å². The van der Waals surface area contributed by atoms with E-state index in [9.17, 15) is 0 Å². The molecule has 0 amide bonds. The van der Waals surface area contributed by atoms with Crippen LogP contribution in [0.4, 0.5) is 0 Å². The van der Waals surface area contributed by atoms with Gasteiger partial charge in [0.05, 0.1) is 26.1 Å². The van der Waals surface area contributed by atoms with E-state index in [2.05, 4.69) is 4.98 Å². The summed E-state index contributed by atoms with van der Waals surface area (Å²) in [7, 11) is 3.16. The van der Waals surface area contributed by atoms with Crippen molar-refractivity contribution < 1.29 is 14.2 Å². The number of rotatable bonds is 5. The van der Waals surface area contributed by atoms with Crippen LogP contribution in [0.3, 0.4) is 0 Å². The van der Waals surface area contributed by atoms with Gasteiger partial charge in [-0.15, -0.1) is 0 Å². The standard InChI is InChI=1S/C15H18N2O3/c1-10(16)12-8-7-11(9-17-12)20-15-13(18-2)5-4-6-14(15)19-3/h4-10H,16H2,1-3H3/t10-/m1/s1. The Morgan fingerprint density at radius 2 is 1.70 bits per heavy atom. The van der Waals surface area contributed by atoms with Crippen molar-refractivity contribution in [1.82, 2.24) is 4.98 Å². The second kappa shape index (κ2) is 6.25. The third-order valence-electron chi connectivity index (χ3n) is 2.83. The van der Waals surface area contributed by atoms with E-state index >= 15 is 0 Å². The van der Waals surface area contributed by atoms with Gasteiger partial charge < -0.3 is 19.9 Å². The van der Waals surface area contributed by atoms with E-state index in [-0.39, 0.29) is 6.04 Å². The normalized spacial score (nSPS) is 11.8. The Morgan fingerprint density at radius 1 is 1.05 bits per heavy atom. The van der Waals surface area contributed by atoms with Crippen LogP contribution in [0.15, 0.2) is 36.5 Å². The molecule has 5 heteroatoms. The number of hydrogen-bond donors (Lipinski definition) is 1. The van der Waals surface area contributed by atoms with E-state index in [1.165, 1.54) is 0 Å². The Kier molecular flexibility index (Phi) is 4.42. The van der Waals surface area contributed by atoms with E-state index in [0.29, 0.717) is 23.0 Å². The number of nitrogens with two attached hydrogens (primary N) is 1. The van der Waals surface area contributed by atoms with E-state index in [4.69, 9.17) is 19.9 Å². The summed E-state index contributed by atoms with van der Waals surface area (Å²) in [5.74, 6) is 2.31. The second-order valence-electron chi connectivity index (χ2n) is 4.30. The minimum atomic E-state index is -0.107. The molecule has 20 heavy (non-hydrogen) atoms. The van der Waals surface area contributed by atoms with Gasteiger partial charge >= 0.3 is 0 Å². The summed E-state index contributed by atoms with van der Waals surface area (Å²) in [6.45, 7) is 1.88. The largest absolute Gasteiger partial charge is 0.493 e. The average Bonchev–Trinajstić information content (AvgIpc) is 2.48. The summed E-state index contributed by atoms with van der Waals surface area (Å²) in [6, 6.07) is 9.00. The van der Waals surface area contributed by atoms with Crippen LogP contribution in [-0.2, 0) is 0 Å². The number of benzene rings is 1. The summed E-state index contributed by atoms with van der Waals surface area (Å²) in [5, 5.41) is 0. The van der Waals surface area contributed by atoms with Gasteiger partial charge in [0.1, 0.15) is 5.75 Å². The SMILES string of the molecule is COc1cccc(OC)c1Oc1ccc([C@@H](C)N)nc1. The monoisotopic (exact) mass is 274 g/mol. The topological polar surface area (TPSA) is 66.6 Å². The molecule has 0 unspecified atom stereocenters. The van der Waals surface area contributed by atoms with Crippen molar-refractivity contribution in [2.75, 3.05) is 14.2 Å². The average molecular weight is 274 g/mol. The van der Waals surface area contributed by atoms with Gasteiger partial charge in [0.2, 0.25) is 5.75 Å². The first-order valence-electron chi connectivity index (χ1n) is 6.26. The Labute approximate surface area is 118 Å². The lowest BCUT2D eigenvalue weighted by atomic mass is 10.2. The number of methoxy groups -OCH3 is 2. The smallest absolute Gasteiger partial charge is 0.211 e. The first kappa shape index (κ1) is 14.1. The molecule has 0 saturated carbocycles. The van der Waals surface area contributed by atoms with Crippen LogP contribution in [0.1, 0.15) is 18.7 Å². The molecular weight excluding hydrogens is 256 g/mol. The third-order valence-corrected chi connectivity index (χ3v) is 2.83. The van der Waals surface area contributed by atoms with Crippen molar-refractivity contribution in [2.24, 2.45) is 5.73 Å². The first-order chi connectivity index (χ1) is 9.65. The molecule has 5 nitrogen and oxygen atoms in total. The van der Waals surface area contributed by atoms with Crippen LogP contribution in [0.2, 0.25) is 0 Å². The van der Waals surface area contributed by atoms with Crippen molar-refractivity contribution in [2.45, 2.75) is 13.0 Å². The highest BCUT2D eigenvalue weighted by molar-refractivity contribution is 5.52. The zero-order valence-electron chi connectivity index (χ0n) is 11.8. The van der Waals surface area contributed by atoms with Crippen LogP contribution < -0.4 is 19.9 Å². The molecule has 2 N–H and O–H groups in total. The number of pyridine rings is 1. The van der Waals surface area contributed by atoms with Crippen LogP contribution in [0, 0.1) is 0 Å². The molecule has 106 valence electrons.